The van der Waals surface area contributed by atoms with Crippen LogP contribution in [0.3, 0.4) is 0 Å². The lowest BCUT2D eigenvalue weighted by atomic mass is 10.4. The second kappa shape index (κ2) is 6.62. The molecule has 90 valence electrons. The third-order valence-electron chi connectivity index (χ3n) is 2.01. The van der Waals surface area contributed by atoms with E-state index in [4.69, 9.17) is 4.74 Å². The van der Waals surface area contributed by atoms with Gasteiger partial charge in [0.15, 0.2) is 9.84 Å². The Bertz CT molecular complexity index is 386. The number of methoxy groups -OCH3 is 1. The summed E-state index contributed by atoms with van der Waals surface area (Å²) in [6.07, 6.45) is 0.473. The average molecular weight is 244 g/mol. The fourth-order valence-corrected chi connectivity index (χ4v) is 2.54. The van der Waals surface area contributed by atoms with Crippen molar-refractivity contribution in [2.24, 2.45) is 0 Å². The van der Waals surface area contributed by atoms with Gasteiger partial charge in [-0.05, 0) is 18.6 Å². The summed E-state index contributed by atoms with van der Waals surface area (Å²) in [6, 6.07) is 8.43. The van der Waals surface area contributed by atoms with Gasteiger partial charge >= 0.3 is 0 Å². The number of ether oxygens (including phenoxy) is 2. The Morgan fingerprint density at radius 2 is 1.88 bits per heavy atom. The highest BCUT2D eigenvalue weighted by molar-refractivity contribution is 7.91. The molecule has 1 rings (SSSR count). The van der Waals surface area contributed by atoms with Gasteiger partial charge in [0.25, 0.3) is 0 Å². The first kappa shape index (κ1) is 13.2. The summed E-state index contributed by atoms with van der Waals surface area (Å²) < 4.78 is 33.3. The van der Waals surface area contributed by atoms with E-state index in [9.17, 15) is 8.42 Å². The van der Waals surface area contributed by atoms with Crippen molar-refractivity contribution in [2.45, 2.75) is 11.3 Å². The largest absolute Gasteiger partial charge is 0.359 e. The van der Waals surface area contributed by atoms with Gasteiger partial charge in [-0.3, -0.25) is 0 Å². The van der Waals surface area contributed by atoms with E-state index in [-0.39, 0.29) is 12.5 Å². The summed E-state index contributed by atoms with van der Waals surface area (Å²) in [4.78, 5) is 0.363. The maximum atomic E-state index is 11.8. The standard InChI is InChI=1S/C11H16O4S/c1-14-10-15-8-5-9-16(12,13)11-6-3-2-4-7-11/h2-4,6-7H,5,8-10H2,1H3. The van der Waals surface area contributed by atoms with Crippen LogP contribution in [0.15, 0.2) is 35.2 Å². The van der Waals surface area contributed by atoms with E-state index in [1.54, 1.807) is 30.3 Å². The minimum atomic E-state index is -3.17. The van der Waals surface area contributed by atoms with Crippen molar-refractivity contribution < 1.29 is 17.9 Å². The Kier molecular flexibility index (Phi) is 5.45. The van der Waals surface area contributed by atoms with Crippen LogP contribution in [0.5, 0.6) is 0 Å². The van der Waals surface area contributed by atoms with E-state index < -0.39 is 9.84 Å². The van der Waals surface area contributed by atoms with Crippen molar-refractivity contribution in [3.8, 4) is 0 Å². The van der Waals surface area contributed by atoms with E-state index >= 15 is 0 Å². The normalized spacial score (nSPS) is 11.6. The van der Waals surface area contributed by atoms with Crippen LogP contribution in [0.25, 0.3) is 0 Å². The van der Waals surface area contributed by atoms with Crippen molar-refractivity contribution in [3.05, 3.63) is 30.3 Å². The smallest absolute Gasteiger partial charge is 0.178 e. The second-order valence-corrected chi connectivity index (χ2v) is 5.41. The Labute approximate surface area is 96.1 Å². The average Bonchev–Trinajstić information content (AvgIpc) is 2.30. The molecular weight excluding hydrogens is 228 g/mol. The molecule has 0 unspecified atom stereocenters. The molecule has 0 radical (unpaired) electrons. The Morgan fingerprint density at radius 1 is 1.19 bits per heavy atom. The number of hydrogen-bond acceptors (Lipinski definition) is 4. The molecule has 0 aliphatic rings. The fraction of sp³-hybridized carbons (Fsp3) is 0.455. The molecular formula is C11H16O4S. The molecule has 0 saturated heterocycles. The summed E-state index contributed by atoms with van der Waals surface area (Å²) >= 11 is 0. The number of benzene rings is 1. The van der Waals surface area contributed by atoms with E-state index in [0.717, 1.165) is 0 Å². The molecule has 4 nitrogen and oxygen atoms in total. The topological polar surface area (TPSA) is 52.6 Å². The van der Waals surface area contributed by atoms with Crippen LogP contribution in [-0.2, 0) is 19.3 Å². The van der Waals surface area contributed by atoms with Gasteiger partial charge in [0.2, 0.25) is 0 Å². The zero-order valence-electron chi connectivity index (χ0n) is 9.26. The van der Waals surface area contributed by atoms with E-state index in [2.05, 4.69) is 4.74 Å². The van der Waals surface area contributed by atoms with Crippen LogP contribution < -0.4 is 0 Å². The molecule has 0 atom stereocenters. The summed E-state index contributed by atoms with van der Waals surface area (Å²) in [6.45, 7) is 0.589. The zero-order valence-corrected chi connectivity index (χ0v) is 10.1. The summed E-state index contributed by atoms with van der Waals surface area (Å²) in [5.41, 5.74) is 0. The monoisotopic (exact) mass is 244 g/mol. The predicted octanol–water partition coefficient (Wildman–Crippen LogP) is 1.47. The van der Waals surface area contributed by atoms with Crippen molar-refractivity contribution in [2.75, 3.05) is 26.3 Å². The minimum Gasteiger partial charge on any atom is -0.359 e. The molecule has 0 spiro atoms. The third kappa shape index (κ3) is 4.30. The Morgan fingerprint density at radius 3 is 2.50 bits per heavy atom. The molecule has 0 aromatic heterocycles. The molecule has 0 N–H and O–H groups in total. The van der Waals surface area contributed by atoms with Crippen LogP contribution in [0.2, 0.25) is 0 Å². The quantitative estimate of drug-likeness (QED) is 0.538. The van der Waals surface area contributed by atoms with Gasteiger partial charge in [-0.25, -0.2) is 8.42 Å². The highest BCUT2D eigenvalue weighted by Gasteiger charge is 2.12. The van der Waals surface area contributed by atoms with Crippen LogP contribution in [0.1, 0.15) is 6.42 Å². The molecule has 0 heterocycles. The number of sulfone groups is 1. The van der Waals surface area contributed by atoms with Crippen molar-refractivity contribution in [1.29, 1.82) is 0 Å². The van der Waals surface area contributed by atoms with Gasteiger partial charge in [-0.15, -0.1) is 0 Å². The predicted molar refractivity (Wildman–Crippen MR) is 60.9 cm³/mol. The first-order chi connectivity index (χ1) is 7.67. The van der Waals surface area contributed by atoms with Gasteiger partial charge in [0.05, 0.1) is 17.3 Å². The highest BCUT2D eigenvalue weighted by Crippen LogP contribution is 2.10. The molecule has 0 bridgehead atoms. The Balaban J connectivity index is 2.41. The lowest BCUT2D eigenvalue weighted by Crippen LogP contribution is -2.10. The van der Waals surface area contributed by atoms with Crippen molar-refractivity contribution in [1.82, 2.24) is 0 Å². The molecule has 0 aliphatic heterocycles. The molecule has 16 heavy (non-hydrogen) atoms. The third-order valence-corrected chi connectivity index (χ3v) is 3.82. The van der Waals surface area contributed by atoms with Crippen molar-refractivity contribution in [3.63, 3.8) is 0 Å². The first-order valence-electron chi connectivity index (χ1n) is 5.01. The molecule has 0 amide bonds. The van der Waals surface area contributed by atoms with Crippen LogP contribution in [0.4, 0.5) is 0 Å². The van der Waals surface area contributed by atoms with E-state index in [1.165, 1.54) is 7.11 Å². The van der Waals surface area contributed by atoms with Gasteiger partial charge < -0.3 is 9.47 Å². The van der Waals surface area contributed by atoms with Gasteiger partial charge in [0, 0.05) is 7.11 Å². The van der Waals surface area contributed by atoms with Gasteiger partial charge in [0.1, 0.15) is 6.79 Å². The lowest BCUT2D eigenvalue weighted by Gasteiger charge is -2.04. The number of hydrogen-bond donors (Lipinski definition) is 0. The maximum Gasteiger partial charge on any atom is 0.178 e. The van der Waals surface area contributed by atoms with Gasteiger partial charge in [-0.2, -0.15) is 0 Å². The number of rotatable bonds is 7. The molecule has 0 saturated carbocycles. The molecule has 0 aliphatic carbocycles. The Hall–Kier alpha value is -0.910. The summed E-state index contributed by atoms with van der Waals surface area (Å²) in [5, 5.41) is 0. The maximum absolute atomic E-state index is 11.8. The van der Waals surface area contributed by atoms with E-state index in [0.29, 0.717) is 17.9 Å². The SMILES string of the molecule is COCOCCCS(=O)(=O)c1ccccc1. The molecule has 1 aromatic carbocycles. The van der Waals surface area contributed by atoms with Crippen LogP contribution in [0, 0.1) is 0 Å². The fourth-order valence-electron chi connectivity index (χ4n) is 1.24. The van der Waals surface area contributed by atoms with E-state index in [1.807, 2.05) is 0 Å². The van der Waals surface area contributed by atoms with Crippen LogP contribution >= 0.6 is 0 Å². The molecule has 0 fully saturated rings. The molecule has 1 aromatic rings. The lowest BCUT2D eigenvalue weighted by molar-refractivity contribution is -0.0298. The van der Waals surface area contributed by atoms with Crippen molar-refractivity contribution >= 4 is 9.84 Å². The summed E-state index contributed by atoms with van der Waals surface area (Å²) in [7, 11) is -1.64. The van der Waals surface area contributed by atoms with Gasteiger partial charge in [-0.1, -0.05) is 18.2 Å². The highest BCUT2D eigenvalue weighted by atomic mass is 32.2. The van der Waals surface area contributed by atoms with Crippen LogP contribution in [-0.4, -0.2) is 34.7 Å². The zero-order chi connectivity index (χ0) is 11.9. The summed E-state index contributed by atoms with van der Waals surface area (Å²) in [5.74, 6) is 0.0979. The minimum absolute atomic E-state index is 0.0979. The molecule has 5 heteroatoms. The second-order valence-electron chi connectivity index (χ2n) is 3.30. The first-order valence-corrected chi connectivity index (χ1v) is 6.66.